The zero-order valence-corrected chi connectivity index (χ0v) is 11.7. The number of nitrogens with one attached hydrogen (secondary N) is 1. The molecule has 4 heteroatoms. The second kappa shape index (κ2) is 4.90. The summed E-state index contributed by atoms with van der Waals surface area (Å²) in [5.74, 6) is -0.205. The molecule has 2 rings (SSSR count). The van der Waals surface area contributed by atoms with Crippen molar-refractivity contribution in [3.63, 3.8) is 0 Å². The maximum Gasteiger partial charge on any atom is 0.326 e. The number of carbonyl (C=O) groups excluding carboxylic acids is 1. The predicted molar refractivity (Wildman–Crippen MR) is 71.9 cm³/mol. The van der Waals surface area contributed by atoms with Crippen LogP contribution in [-0.2, 0) is 22.4 Å². The summed E-state index contributed by atoms with van der Waals surface area (Å²) in [6.45, 7) is 4.06. The topological polar surface area (TPSA) is 38.3 Å². The van der Waals surface area contributed by atoms with Crippen molar-refractivity contribution in [1.82, 2.24) is 5.32 Å². The number of esters is 1. The standard InChI is InChI=1S/C14H18ClNO2/c1-9(2)16-14(13(17)18-3)7-10-4-5-12(15)6-11(10)8-14/h4-6,9,16H,7-8H2,1-3H3. The zero-order chi connectivity index (χ0) is 13.3. The van der Waals surface area contributed by atoms with E-state index in [9.17, 15) is 4.79 Å². The third-order valence-corrected chi connectivity index (χ3v) is 3.53. The second-order valence-corrected chi connectivity index (χ2v) is 5.58. The van der Waals surface area contributed by atoms with Crippen molar-refractivity contribution < 1.29 is 9.53 Å². The van der Waals surface area contributed by atoms with Crippen LogP contribution in [0.25, 0.3) is 0 Å². The van der Waals surface area contributed by atoms with Crippen LogP contribution in [0.5, 0.6) is 0 Å². The molecular weight excluding hydrogens is 250 g/mol. The fourth-order valence-corrected chi connectivity index (χ4v) is 2.89. The van der Waals surface area contributed by atoms with Gasteiger partial charge in [0.2, 0.25) is 0 Å². The van der Waals surface area contributed by atoms with Crippen molar-refractivity contribution in [3.8, 4) is 0 Å². The quantitative estimate of drug-likeness (QED) is 0.855. The Morgan fingerprint density at radius 2 is 2.06 bits per heavy atom. The molecule has 0 spiro atoms. The van der Waals surface area contributed by atoms with Gasteiger partial charge in [0.25, 0.3) is 0 Å². The lowest BCUT2D eigenvalue weighted by molar-refractivity contribution is -0.148. The van der Waals surface area contributed by atoms with E-state index in [1.165, 1.54) is 7.11 Å². The lowest BCUT2D eigenvalue weighted by Crippen LogP contribution is -2.56. The lowest BCUT2D eigenvalue weighted by Gasteiger charge is -2.29. The molecule has 1 aromatic rings. The van der Waals surface area contributed by atoms with Crippen LogP contribution >= 0.6 is 11.6 Å². The number of ether oxygens (including phenoxy) is 1. The molecule has 1 atom stereocenters. The first-order valence-corrected chi connectivity index (χ1v) is 6.48. The molecule has 1 aliphatic rings. The van der Waals surface area contributed by atoms with Crippen molar-refractivity contribution in [2.45, 2.75) is 38.3 Å². The van der Waals surface area contributed by atoms with Gasteiger partial charge in [-0.2, -0.15) is 0 Å². The summed E-state index contributed by atoms with van der Waals surface area (Å²) in [7, 11) is 1.43. The van der Waals surface area contributed by atoms with Gasteiger partial charge in [-0.15, -0.1) is 0 Å². The summed E-state index contributed by atoms with van der Waals surface area (Å²) < 4.78 is 4.97. The van der Waals surface area contributed by atoms with E-state index in [0.29, 0.717) is 17.9 Å². The molecule has 0 saturated heterocycles. The molecule has 0 saturated carbocycles. The summed E-state index contributed by atoms with van der Waals surface area (Å²) in [6.07, 6.45) is 1.29. The molecule has 1 unspecified atom stereocenters. The normalized spacial score (nSPS) is 22.1. The van der Waals surface area contributed by atoms with Crippen LogP contribution in [0.15, 0.2) is 18.2 Å². The highest BCUT2D eigenvalue weighted by molar-refractivity contribution is 6.30. The van der Waals surface area contributed by atoms with Gasteiger partial charge in [-0.3, -0.25) is 10.1 Å². The third-order valence-electron chi connectivity index (χ3n) is 3.29. The van der Waals surface area contributed by atoms with Crippen LogP contribution in [0.3, 0.4) is 0 Å². The molecule has 0 fully saturated rings. The van der Waals surface area contributed by atoms with Crippen LogP contribution in [0.4, 0.5) is 0 Å². The van der Waals surface area contributed by atoms with Crippen molar-refractivity contribution in [2.75, 3.05) is 7.11 Å². The molecule has 18 heavy (non-hydrogen) atoms. The first-order chi connectivity index (χ1) is 8.47. The van der Waals surface area contributed by atoms with Crippen LogP contribution in [0.2, 0.25) is 5.02 Å². The number of methoxy groups -OCH3 is 1. The molecule has 0 aromatic heterocycles. The van der Waals surface area contributed by atoms with Crippen molar-refractivity contribution in [3.05, 3.63) is 34.3 Å². The minimum atomic E-state index is -0.643. The average Bonchev–Trinajstić information content (AvgIpc) is 2.65. The molecule has 98 valence electrons. The Balaban J connectivity index is 2.34. The summed E-state index contributed by atoms with van der Waals surface area (Å²) in [4.78, 5) is 12.1. The molecule has 1 aromatic carbocycles. The molecule has 3 nitrogen and oxygen atoms in total. The van der Waals surface area contributed by atoms with Gasteiger partial charge in [0, 0.05) is 23.9 Å². The zero-order valence-electron chi connectivity index (χ0n) is 10.9. The lowest BCUT2D eigenvalue weighted by atomic mass is 9.94. The molecular formula is C14H18ClNO2. The Hall–Kier alpha value is -1.06. The van der Waals surface area contributed by atoms with Crippen molar-refractivity contribution in [2.24, 2.45) is 0 Å². The Morgan fingerprint density at radius 3 is 2.67 bits per heavy atom. The Bertz CT molecular complexity index is 473. The average molecular weight is 268 g/mol. The SMILES string of the molecule is COC(=O)C1(NC(C)C)Cc2ccc(Cl)cc2C1. The van der Waals surface area contributed by atoms with Gasteiger partial charge in [-0.1, -0.05) is 17.7 Å². The van der Waals surface area contributed by atoms with Crippen LogP contribution in [-0.4, -0.2) is 24.7 Å². The number of fused-ring (bicyclic) bond motifs is 1. The van der Waals surface area contributed by atoms with Crippen molar-refractivity contribution >= 4 is 17.6 Å². The van der Waals surface area contributed by atoms with Gasteiger partial charge < -0.3 is 4.74 Å². The van der Waals surface area contributed by atoms with Gasteiger partial charge in [0.1, 0.15) is 5.54 Å². The first kappa shape index (κ1) is 13.4. The first-order valence-electron chi connectivity index (χ1n) is 6.10. The molecule has 0 radical (unpaired) electrons. The van der Waals surface area contributed by atoms with E-state index in [-0.39, 0.29) is 12.0 Å². The molecule has 0 amide bonds. The minimum Gasteiger partial charge on any atom is -0.468 e. The fourth-order valence-electron chi connectivity index (χ4n) is 2.70. The number of hydrogen-bond donors (Lipinski definition) is 1. The summed E-state index contributed by atoms with van der Waals surface area (Å²) in [5.41, 5.74) is 1.65. The highest BCUT2D eigenvalue weighted by Crippen LogP contribution is 2.33. The minimum absolute atomic E-state index is 0.205. The Labute approximate surface area is 112 Å². The van der Waals surface area contributed by atoms with Crippen LogP contribution in [0.1, 0.15) is 25.0 Å². The van der Waals surface area contributed by atoms with E-state index in [2.05, 4.69) is 5.32 Å². The number of benzene rings is 1. The van der Waals surface area contributed by atoms with E-state index < -0.39 is 5.54 Å². The van der Waals surface area contributed by atoms with Gasteiger partial charge >= 0.3 is 5.97 Å². The summed E-state index contributed by atoms with van der Waals surface area (Å²) >= 11 is 6.00. The van der Waals surface area contributed by atoms with Gasteiger partial charge in [0.05, 0.1) is 7.11 Å². The van der Waals surface area contributed by atoms with E-state index in [0.717, 1.165) is 11.1 Å². The predicted octanol–water partition coefficient (Wildman–Crippen LogP) is 2.35. The van der Waals surface area contributed by atoms with E-state index in [1.54, 1.807) is 0 Å². The van der Waals surface area contributed by atoms with Crippen LogP contribution in [0, 0.1) is 0 Å². The van der Waals surface area contributed by atoms with Gasteiger partial charge in [0.15, 0.2) is 0 Å². The smallest absolute Gasteiger partial charge is 0.326 e. The summed E-state index contributed by atoms with van der Waals surface area (Å²) in [6, 6.07) is 6.01. The Morgan fingerprint density at radius 1 is 1.39 bits per heavy atom. The molecule has 1 aliphatic carbocycles. The third kappa shape index (κ3) is 2.38. The molecule has 0 bridgehead atoms. The Kier molecular flexibility index (Phi) is 3.64. The maximum absolute atomic E-state index is 12.1. The second-order valence-electron chi connectivity index (χ2n) is 5.14. The highest BCUT2D eigenvalue weighted by Gasteiger charge is 2.45. The van der Waals surface area contributed by atoms with Crippen molar-refractivity contribution in [1.29, 1.82) is 0 Å². The highest BCUT2D eigenvalue weighted by atomic mass is 35.5. The number of hydrogen-bond acceptors (Lipinski definition) is 3. The molecule has 1 N–H and O–H groups in total. The van der Waals surface area contributed by atoms with Gasteiger partial charge in [-0.25, -0.2) is 0 Å². The monoisotopic (exact) mass is 267 g/mol. The maximum atomic E-state index is 12.1. The van der Waals surface area contributed by atoms with E-state index in [1.807, 2.05) is 32.0 Å². The number of halogens is 1. The number of rotatable bonds is 3. The van der Waals surface area contributed by atoms with Crippen LogP contribution < -0.4 is 5.32 Å². The molecule has 0 aliphatic heterocycles. The summed E-state index contributed by atoms with van der Waals surface area (Å²) in [5, 5.41) is 4.06. The van der Waals surface area contributed by atoms with Gasteiger partial charge in [-0.05, 0) is 37.1 Å². The van der Waals surface area contributed by atoms with E-state index >= 15 is 0 Å². The molecule has 0 heterocycles. The largest absolute Gasteiger partial charge is 0.468 e. The fraction of sp³-hybridized carbons (Fsp3) is 0.500. The van der Waals surface area contributed by atoms with E-state index in [4.69, 9.17) is 16.3 Å². The number of carbonyl (C=O) groups is 1.